The van der Waals surface area contributed by atoms with Crippen LogP contribution in [0, 0.1) is 0 Å². The van der Waals surface area contributed by atoms with Crippen LogP contribution in [0.3, 0.4) is 0 Å². The summed E-state index contributed by atoms with van der Waals surface area (Å²) < 4.78 is 37.3. The average Bonchev–Trinajstić information content (AvgIpc) is 3.21. The van der Waals surface area contributed by atoms with Gasteiger partial charge in [0, 0.05) is 24.5 Å². The van der Waals surface area contributed by atoms with E-state index in [-0.39, 0.29) is 11.4 Å². The van der Waals surface area contributed by atoms with E-state index in [2.05, 4.69) is 10.6 Å². The zero-order valence-electron chi connectivity index (χ0n) is 14.4. The van der Waals surface area contributed by atoms with Crippen LogP contribution in [0.1, 0.15) is 10.1 Å². The van der Waals surface area contributed by atoms with Crippen LogP contribution in [0.5, 0.6) is 11.5 Å². The van der Waals surface area contributed by atoms with Crippen LogP contribution < -0.4 is 20.1 Å². The quantitative estimate of drug-likeness (QED) is 0.709. The van der Waals surface area contributed by atoms with Gasteiger partial charge in [0.2, 0.25) is 0 Å². The molecule has 1 aromatic heterocycles. The van der Waals surface area contributed by atoms with Crippen LogP contribution >= 0.6 is 11.3 Å². The second-order valence-electron chi connectivity index (χ2n) is 5.64. The van der Waals surface area contributed by atoms with Crippen LogP contribution in [0.2, 0.25) is 0 Å². The molecular weight excluding hydrogens is 392 g/mol. The number of carbonyl (C=O) groups excluding carboxylic acids is 2. The number of rotatable bonds is 5. The van der Waals surface area contributed by atoms with E-state index in [0.717, 1.165) is 0 Å². The molecule has 0 aliphatic carbocycles. The minimum atomic E-state index is -3.86. The maximum atomic E-state index is 13.2. The topological polar surface area (TPSA) is 111 Å². The Morgan fingerprint density at radius 3 is 2.56 bits per heavy atom. The van der Waals surface area contributed by atoms with Gasteiger partial charge in [0.15, 0.2) is 21.3 Å². The highest BCUT2D eigenvalue weighted by molar-refractivity contribution is 7.91. The van der Waals surface area contributed by atoms with Crippen LogP contribution in [0.4, 0.5) is 0 Å². The number of hydrogen-bond acceptors (Lipinski definition) is 7. The molecule has 0 bridgehead atoms. The molecule has 8 nitrogen and oxygen atoms in total. The average molecular weight is 410 g/mol. The summed E-state index contributed by atoms with van der Waals surface area (Å²) >= 11 is 1.26. The van der Waals surface area contributed by atoms with Gasteiger partial charge >= 0.3 is 11.8 Å². The van der Waals surface area contributed by atoms with Gasteiger partial charge in [-0.2, -0.15) is 0 Å². The van der Waals surface area contributed by atoms with Gasteiger partial charge < -0.3 is 20.1 Å². The first kappa shape index (κ1) is 19.2. The lowest BCUT2D eigenvalue weighted by molar-refractivity contribution is -0.138. The SMILES string of the molecule is CNC(=O)C(=O)NC[C@@H](c1cccs1)S(=O)(=O)c1ccc2c(c1)OCCO2. The number of fused-ring (bicyclic) bond motifs is 1. The third kappa shape index (κ3) is 4.06. The molecule has 1 aliphatic heterocycles. The molecule has 1 aromatic carbocycles. The van der Waals surface area contributed by atoms with E-state index in [4.69, 9.17) is 9.47 Å². The molecule has 2 amide bonds. The van der Waals surface area contributed by atoms with Gasteiger partial charge in [-0.25, -0.2) is 8.42 Å². The number of sulfone groups is 1. The van der Waals surface area contributed by atoms with Crippen LogP contribution in [0.15, 0.2) is 40.6 Å². The fourth-order valence-corrected chi connectivity index (χ4v) is 5.38. The molecule has 0 unspecified atom stereocenters. The maximum Gasteiger partial charge on any atom is 0.309 e. The lowest BCUT2D eigenvalue weighted by atomic mass is 10.3. The van der Waals surface area contributed by atoms with Gasteiger partial charge in [-0.1, -0.05) is 6.07 Å². The van der Waals surface area contributed by atoms with Gasteiger partial charge in [0.25, 0.3) is 0 Å². The Morgan fingerprint density at radius 1 is 1.15 bits per heavy atom. The molecule has 10 heteroatoms. The molecule has 0 spiro atoms. The molecule has 0 saturated carbocycles. The molecule has 0 radical (unpaired) electrons. The fourth-order valence-electron chi connectivity index (χ4n) is 2.58. The number of amides is 2. The van der Waals surface area contributed by atoms with Crippen molar-refractivity contribution in [1.82, 2.24) is 10.6 Å². The van der Waals surface area contributed by atoms with Crippen molar-refractivity contribution >= 4 is 33.0 Å². The van der Waals surface area contributed by atoms with E-state index in [1.165, 1.54) is 30.5 Å². The van der Waals surface area contributed by atoms with Crippen molar-refractivity contribution in [3.05, 3.63) is 40.6 Å². The second kappa shape index (κ2) is 7.97. The Morgan fingerprint density at radius 2 is 1.89 bits per heavy atom. The summed E-state index contributed by atoms with van der Waals surface area (Å²) in [7, 11) is -2.53. The summed E-state index contributed by atoms with van der Waals surface area (Å²) in [6.07, 6.45) is 0. The summed E-state index contributed by atoms with van der Waals surface area (Å²) in [5.41, 5.74) is 0. The molecule has 2 aromatic rings. The van der Waals surface area contributed by atoms with Crippen molar-refractivity contribution in [3.63, 3.8) is 0 Å². The van der Waals surface area contributed by atoms with E-state index >= 15 is 0 Å². The Hall–Kier alpha value is -2.59. The van der Waals surface area contributed by atoms with Gasteiger partial charge in [0.05, 0.1) is 4.90 Å². The van der Waals surface area contributed by atoms with Crippen molar-refractivity contribution < 1.29 is 27.5 Å². The predicted octanol–water partition coefficient (Wildman–Crippen LogP) is 0.897. The molecular formula is C17H18N2O6S2. The molecule has 27 heavy (non-hydrogen) atoms. The van der Waals surface area contributed by atoms with Gasteiger partial charge in [0.1, 0.15) is 18.5 Å². The minimum Gasteiger partial charge on any atom is -0.486 e. The fraction of sp³-hybridized carbons (Fsp3) is 0.294. The Labute approximate surface area is 160 Å². The summed E-state index contributed by atoms with van der Waals surface area (Å²) in [5.74, 6) is -0.879. The van der Waals surface area contributed by atoms with Crippen molar-refractivity contribution in [2.45, 2.75) is 10.1 Å². The molecule has 2 N–H and O–H groups in total. The smallest absolute Gasteiger partial charge is 0.309 e. The van der Waals surface area contributed by atoms with Gasteiger partial charge in [-0.05, 0) is 23.6 Å². The van der Waals surface area contributed by atoms with Crippen molar-refractivity contribution in [2.24, 2.45) is 0 Å². The lowest BCUT2D eigenvalue weighted by Gasteiger charge is -2.21. The third-order valence-corrected chi connectivity index (χ3v) is 7.17. The highest BCUT2D eigenvalue weighted by Gasteiger charge is 2.32. The number of benzene rings is 1. The molecule has 3 rings (SSSR count). The summed E-state index contributed by atoms with van der Waals surface area (Å²) in [5, 5.41) is 5.30. The van der Waals surface area contributed by atoms with Crippen molar-refractivity contribution in [1.29, 1.82) is 0 Å². The number of thiophene rings is 1. The first-order valence-corrected chi connectivity index (χ1v) is 10.5. The molecule has 2 heterocycles. The van der Waals surface area contributed by atoms with Crippen molar-refractivity contribution in [3.8, 4) is 11.5 Å². The van der Waals surface area contributed by atoms with E-state index in [9.17, 15) is 18.0 Å². The summed E-state index contributed by atoms with van der Waals surface area (Å²) in [6.45, 7) is 0.513. The van der Waals surface area contributed by atoms with E-state index in [0.29, 0.717) is 29.6 Å². The third-order valence-electron chi connectivity index (χ3n) is 3.96. The first-order valence-electron chi connectivity index (χ1n) is 8.10. The van der Waals surface area contributed by atoms with E-state index in [1.54, 1.807) is 23.6 Å². The molecule has 0 fully saturated rings. The number of hydrogen-bond donors (Lipinski definition) is 2. The van der Waals surface area contributed by atoms with Crippen LogP contribution in [-0.2, 0) is 19.4 Å². The maximum absolute atomic E-state index is 13.2. The van der Waals surface area contributed by atoms with Gasteiger partial charge in [-0.3, -0.25) is 9.59 Å². The standard InChI is InChI=1S/C17H18N2O6S2/c1-18-16(20)17(21)19-10-15(14-3-2-8-26-14)27(22,23)11-4-5-12-13(9-11)25-7-6-24-12/h2-5,8-9,15H,6-7,10H2,1H3,(H,18,20)(H,19,21)/t15-/m0/s1. The Bertz CT molecular complexity index is 940. The number of nitrogens with one attached hydrogen (secondary N) is 2. The zero-order chi connectivity index (χ0) is 19.4. The highest BCUT2D eigenvalue weighted by Crippen LogP contribution is 2.37. The van der Waals surface area contributed by atoms with Crippen LogP contribution in [0.25, 0.3) is 0 Å². The molecule has 1 aliphatic rings. The second-order valence-corrected chi connectivity index (χ2v) is 8.75. The molecule has 1 atom stereocenters. The summed E-state index contributed by atoms with van der Waals surface area (Å²) in [4.78, 5) is 23.8. The number of carbonyl (C=O) groups is 2. The lowest BCUT2D eigenvalue weighted by Crippen LogP contribution is -2.40. The minimum absolute atomic E-state index is 0.0549. The number of likely N-dealkylation sites (N-methyl/N-ethyl adjacent to an activating group) is 1. The first-order chi connectivity index (χ1) is 12.9. The van der Waals surface area contributed by atoms with E-state index in [1.807, 2.05) is 0 Å². The zero-order valence-corrected chi connectivity index (χ0v) is 16.1. The Balaban J connectivity index is 1.91. The van der Waals surface area contributed by atoms with Crippen LogP contribution in [-0.4, -0.2) is 47.0 Å². The molecule has 144 valence electrons. The predicted molar refractivity (Wildman–Crippen MR) is 98.8 cm³/mol. The highest BCUT2D eigenvalue weighted by atomic mass is 32.2. The molecule has 0 saturated heterocycles. The number of ether oxygens (including phenoxy) is 2. The van der Waals surface area contributed by atoms with Gasteiger partial charge in [-0.15, -0.1) is 11.3 Å². The normalized spacial score (nSPS) is 14.3. The monoisotopic (exact) mass is 410 g/mol. The Kier molecular flexibility index (Phi) is 5.66. The largest absolute Gasteiger partial charge is 0.486 e. The van der Waals surface area contributed by atoms with E-state index < -0.39 is 26.9 Å². The van der Waals surface area contributed by atoms with Crippen molar-refractivity contribution in [2.75, 3.05) is 26.8 Å². The summed E-state index contributed by atoms with van der Waals surface area (Å²) in [6, 6.07) is 7.83.